The zero-order valence-corrected chi connectivity index (χ0v) is 16.7. The minimum atomic E-state index is -0.647. The fourth-order valence-electron chi connectivity index (χ4n) is 3.67. The summed E-state index contributed by atoms with van der Waals surface area (Å²) in [6.45, 7) is 5.81. The maximum absolute atomic E-state index is 14.2. The van der Waals surface area contributed by atoms with E-state index in [2.05, 4.69) is 5.32 Å². The normalized spacial score (nSPS) is 11.0. The van der Waals surface area contributed by atoms with Gasteiger partial charge >= 0.3 is 0 Å². The summed E-state index contributed by atoms with van der Waals surface area (Å²) in [5.74, 6) is -1.98. The van der Waals surface area contributed by atoms with Gasteiger partial charge < -0.3 is 9.88 Å². The van der Waals surface area contributed by atoms with Crippen molar-refractivity contribution in [2.75, 3.05) is 0 Å². The van der Waals surface area contributed by atoms with E-state index < -0.39 is 11.6 Å². The standard InChI is InChI=1S/C23H23F3N2O/c1-4-18-14(2)22(23(29)27-12-16-8-10-17(24)11-9-16)28(15(18)3)13-19-20(25)6-5-7-21(19)26/h5-11H,4,12-13H2,1-3H3,(H,27,29). The van der Waals surface area contributed by atoms with Crippen LogP contribution in [-0.4, -0.2) is 10.5 Å². The lowest BCUT2D eigenvalue weighted by Gasteiger charge is -2.14. The molecule has 0 unspecified atom stereocenters. The molecule has 152 valence electrons. The number of carbonyl (C=O) groups excluding carboxylic acids is 1. The molecule has 3 nitrogen and oxygen atoms in total. The monoisotopic (exact) mass is 400 g/mol. The van der Waals surface area contributed by atoms with Gasteiger partial charge in [-0.2, -0.15) is 0 Å². The Bertz CT molecular complexity index is 1020. The van der Waals surface area contributed by atoms with Crippen molar-refractivity contribution >= 4 is 5.91 Å². The summed E-state index contributed by atoms with van der Waals surface area (Å²) in [7, 11) is 0. The van der Waals surface area contributed by atoms with E-state index in [-0.39, 0.29) is 30.4 Å². The second-order valence-corrected chi connectivity index (χ2v) is 6.99. The molecule has 0 spiro atoms. The van der Waals surface area contributed by atoms with Gasteiger partial charge in [0.2, 0.25) is 0 Å². The van der Waals surface area contributed by atoms with Gasteiger partial charge in [-0.05, 0) is 61.2 Å². The Hall–Kier alpha value is -3.02. The Kier molecular flexibility index (Phi) is 6.11. The van der Waals surface area contributed by atoms with Crippen molar-refractivity contribution < 1.29 is 18.0 Å². The van der Waals surface area contributed by atoms with E-state index in [1.165, 1.54) is 30.3 Å². The van der Waals surface area contributed by atoms with Crippen molar-refractivity contribution in [2.45, 2.75) is 40.3 Å². The summed E-state index contributed by atoms with van der Waals surface area (Å²) in [6.07, 6.45) is 0.697. The summed E-state index contributed by atoms with van der Waals surface area (Å²) in [5.41, 5.74) is 3.62. The first-order valence-electron chi connectivity index (χ1n) is 9.47. The number of carbonyl (C=O) groups is 1. The van der Waals surface area contributed by atoms with E-state index in [0.29, 0.717) is 12.1 Å². The smallest absolute Gasteiger partial charge is 0.268 e. The van der Waals surface area contributed by atoms with E-state index in [9.17, 15) is 18.0 Å². The van der Waals surface area contributed by atoms with Crippen molar-refractivity contribution in [3.05, 3.63) is 93.6 Å². The highest BCUT2D eigenvalue weighted by Gasteiger charge is 2.23. The van der Waals surface area contributed by atoms with Gasteiger partial charge in [0.15, 0.2) is 0 Å². The third-order valence-corrected chi connectivity index (χ3v) is 5.23. The number of hydrogen-bond acceptors (Lipinski definition) is 1. The lowest BCUT2D eigenvalue weighted by molar-refractivity contribution is 0.0941. The molecule has 1 amide bonds. The second kappa shape index (κ2) is 8.55. The summed E-state index contributed by atoms with van der Waals surface area (Å²) >= 11 is 0. The van der Waals surface area contributed by atoms with Gasteiger partial charge in [-0.3, -0.25) is 4.79 Å². The van der Waals surface area contributed by atoms with Crippen molar-refractivity contribution in [1.29, 1.82) is 0 Å². The molecule has 0 saturated carbocycles. The summed E-state index contributed by atoms with van der Waals surface area (Å²) in [4.78, 5) is 13.0. The average molecular weight is 400 g/mol. The van der Waals surface area contributed by atoms with E-state index in [4.69, 9.17) is 0 Å². The van der Waals surface area contributed by atoms with Gasteiger partial charge in [0.25, 0.3) is 5.91 Å². The Morgan fingerprint density at radius 3 is 2.17 bits per heavy atom. The molecular weight excluding hydrogens is 377 g/mol. The van der Waals surface area contributed by atoms with Gasteiger partial charge in [-0.1, -0.05) is 25.1 Å². The topological polar surface area (TPSA) is 34.0 Å². The average Bonchev–Trinajstić information content (AvgIpc) is 2.93. The molecule has 0 fully saturated rings. The number of amides is 1. The lowest BCUT2D eigenvalue weighted by atomic mass is 10.1. The highest BCUT2D eigenvalue weighted by atomic mass is 19.1. The molecule has 3 aromatic rings. The van der Waals surface area contributed by atoms with Crippen molar-refractivity contribution in [3.63, 3.8) is 0 Å². The largest absolute Gasteiger partial charge is 0.347 e. The summed E-state index contributed by atoms with van der Waals surface area (Å²) in [6, 6.07) is 9.58. The minimum absolute atomic E-state index is 0.0789. The zero-order valence-electron chi connectivity index (χ0n) is 16.7. The maximum atomic E-state index is 14.2. The molecule has 6 heteroatoms. The summed E-state index contributed by atoms with van der Waals surface area (Å²) < 4.78 is 43.1. The third kappa shape index (κ3) is 4.21. The number of benzene rings is 2. The fourth-order valence-corrected chi connectivity index (χ4v) is 3.67. The van der Waals surface area contributed by atoms with Crippen molar-refractivity contribution in [2.24, 2.45) is 0 Å². The van der Waals surface area contributed by atoms with Crippen LogP contribution in [0, 0.1) is 31.3 Å². The van der Waals surface area contributed by atoms with Gasteiger partial charge in [-0.15, -0.1) is 0 Å². The van der Waals surface area contributed by atoms with E-state index in [1.54, 1.807) is 16.7 Å². The quantitative estimate of drug-likeness (QED) is 0.616. The first kappa shape index (κ1) is 20.7. The van der Waals surface area contributed by atoms with E-state index in [0.717, 1.165) is 22.4 Å². The van der Waals surface area contributed by atoms with Gasteiger partial charge in [0.05, 0.1) is 6.54 Å². The number of hydrogen-bond donors (Lipinski definition) is 1. The third-order valence-electron chi connectivity index (χ3n) is 5.23. The molecular formula is C23H23F3N2O. The molecule has 0 radical (unpaired) electrons. The molecule has 1 N–H and O–H groups in total. The first-order valence-corrected chi connectivity index (χ1v) is 9.47. The van der Waals surface area contributed by atoms with Crippen LogP contribution < -0.4 is 5.32 Å². The van der Waals surface area contributed by atoms with Crippen LogP contribution in [0.15, 0.2) is 42.5 Å². The van der Waals surface area contributed by atoms with E-state index in [1.807, 2.05) is 20.8 Å². The second-order valence-electron chi connectivity index (χ2n) is 6.99. The van der Waals surface area contributed by atoms with Crippen LogP contribution in [0.25, 0.3) is 0 Å². The highest BCUT2D eigenvalue weighted by Crippen LogP contribution is 2.25. The van der Waals surface area contributed by atoms with Gasteiger partial charge in [0.1, 0.15) is 23.1 Å². The molecule has 2 aromatic carbocycles. The number of nitrogens with one attached hydrogen (secondary N) is 1. The fraction of sp³-hybridized carbons (Fsp3) is 0.261. The van der Waals surface area contributed by atoms with Crippen LogP contribution in [0.1, 0.15) is 45.4 Å². The van der Waals surface area contributed by atoms with Crippen LogP contribution >= 0.6 is 0 Å². The lowest BCUT2D eigenvalue weighted by Crippen LogP contribution is -2.27. The highest BCUT2D eigenvalue weighted by molar-refractivity contribution is 5.95. The molecule has 3 rings (SSSR count). The number of aromatic nitrogens is 1. The first-order chi connectivity index (χ1) is 13.8. The molecule has 0 aliphatic heterocycles. The predicted molar refractivity (Wildman–Crippen MR) is 106 cm³/mol. The minimum Gasteiger partial charge on any atom is -0.347 e. The predicted octanol–water partition coefficient (Wildman–Crippen LogP) is 5.06. The molecule has 0 atom stereocenters. The molecule has 0 aliphatic rings. The SMILES string of the molecule is CCc1c(C)c(C(=O)NCc2ccc(F)cc2)n(Cc2c(F)cccc2F)c1C. The number of rotatable bonds is 6. The maximum Gasteiger partial charge on any atom is 0.268 e. The number of nitrogens with zero attached hydrogens (tertiary/aromatic N) is 1. The van der Waals surface area contributed by atoms with Crippen LogP contribution in [0.3, 0.4) is 0 Å². The molecule has 0 saturated heterocycles. The summed E-state index contributed by atoms with van der Waals surface area (Å²) in [5, 5.41) is 2.83. The molecule has 1 heterocycles. The Labute approximate surface area is 168 Å². The molecule has 29 heavy (non-hydrogen) atoms. The molecule has 1 aromatic heterocycles. The molecule has 0 bridgehead atoms. The number of halogens is 3. The Balaban J connectivity index is 1.94. The van der Waals surface area contributed by atoms with Crippen LogP contribution in [0.5, 0.6) is 0 Å². The van der Waals surface area contributed by atoms with Gasteiger partial charge in [-0.25, -0.2) is 13.2 Å². The molecule has 0 aliphatic carbocycles. The van der Waals surface area contributed by atoms with Crippen LogP contribution in [-0.2, 0) is 19.5 Å². The van der Waals surface area contributed by atoms with E-state index >= 15 is 0 Å². The van der Waals surface area contributed by atoms with Crippen LogP contribution in [0.4, 0.5) is 13.2 Å². The van der Waals surface area contributed by atoms with Crippen molar-refractivity contribution in [3.8, 4) is 0 Å². The zero-order chi connectivity index (χ0) is 21.1. The van der Waals surface area contributed by atoms with Crippen molar-refractivity contribution in [1.82, 2.24) is 9.88 Å². The van der Waals surface area contributed by atoms with Crippen LogP contribution in [0.2, 0.25) is 0 Å². The Morgan fingerprint density at radius 2 is 1.59 bits per heavy atom. The Morgan fingerprint density at radius 1 is 0.966 bits per heavy atom. The van der Waals surface area contributed by atoms with Gasteiger partial charge in [0, 0.05) is 17.8 Å².